The lowest BCUT2D eigenvalue weighted by Crippen LogP contribution is -2.48. The Morgan fingerprint density at radius 1 is 1.04 bits per heavy atom. The van der Waals surface area contributed by atoms with Crippen molar-refractivity contribution in [2.24, 2.45) is 0 Å². The average molecular weight is 438 g/mol. The molecule has 0 unspecified atom stereocenters. The maximum absolute atomic E-state index is 12.9. The minimum absolute atomic E-state index is 0.0895. The number of sulfonamides is 1. The summed E-state index contributed by atoms with van der Waals surface area (Å²) in [5.41, 5.74) is 1.60. The van der Waals surface area contributed by atoms with Crippen molar-refractivity contribution in [3.63, 3.8) is 0 Å². The number of carbonyl (C=O) groups excluding carboxylic acids is 1. The molecule has 2 aromatic carbocycles. The zero-order valence-electron chi connectivity index (χ0n) is 15.0. The second kappa shape index (κ2) is 8.10. The standard InChI is InChI=1S/C19H17Cl2N3O3S/c1-13(25)14-2-3-15(12-22)19(10-14)23-6-8-24(9-7-23)28(26,27)16-4-5-17(20)18(21)11-16/h2-5,10-11H,6-9H2,1H3. The summed E-state index contributed by atoms with van der Waals surface area (Å²) in [6.45, 7) is 2.76. The lowest BCUT2D eigenvalue weighted by atomic mass is 10.1. The fraction of sp³-hybridized carbons (Fsp3) is 0.263. The Bertz CT molecular complexity index is 1070. The van der Waals surface area contributed by atoms with E-state index in [1.54, 1.807) is 18.2 Å². The number of hydrogen-bond donors (Lipinski definition) is 0. The van der Waals surface area contributed by atoms with Crippen LogP contribution in [0.15, 0.2) is 41.3 Å². The molecule has 1 fully saturated rings. The molecular weight excluding hydrogens is 421 g/mol. The van der Waals surface area contributed by atoms with E-state index < -0.39 is 10.0 Å². The zero-order chi connectivity index (χ0) is 20.5. The fourth-order valence-corrected chi connectivity index (χ4v) is 4.87. The average Bonchev–Trinajstić information content (AvgIpc) is 2.69. The van der Waals surface area contributed by atoms with Crippen molar-refractivity contribution in [3.05, 3.63) is 57.6 Å². The van der Waals surface area contributed by atoms with Gasteiger partial charge < -0.3 is 4.90 Å². The highest BCUT2D eigenvalue weighted by Crippen LogP contribution is 2.28. The maximum Gasteiger partial charge on any atom is 0.243 e. The third kappa shape index (κ3) is 4.01. The van der Waals surface area contributed by atoms with E-state index in [1.807, 2.05) is 4.90 Å². The molecule has 0 aromatic heterocycles. The number of benzene rings is 2. The van der Waals surface area contributed by atoms with Gasteiger partial charge in [0.05, 0.1) is 26.2 Å². The number of hydrogen-bond acceptors (Lipinski definition) is 5. The Hall–Kier alpha value is -2.11. The van der Waals surface area contributed by atoms with Crippen molar-refractivity contribution in [2.45, 2.75) is 11.8 Å². The Morgan fingerprint density at radius 2 is 1.71 bits per heavy atom. The van der Waals surface area contributed by atoms with Gasteiger partial charge in [0.25, 0.3) is 0 Å². The lowest BCUT2D eigenvalue weighted by molar-refractivity contribution is 0.101. The number of rotatable bonds is 4. The molecule has 0 aliphatic carbocycles. The minimum atomic E-state index is -3.70. The van der Waals surface area contributed by atoms with Gasteiger partial charge in [0.1, 0.15) is 6.07 Å². The van der Waals surface area contributed by atoms with Crippen LogP contribution in [-0.4, -0.2) is 44.7 Å². The van der Waals surface area contributed by atoms with Crippen LogP contribution in [-0.2, 0) is 10.0 Å². The highest BCUT2D eigenvalue weighted by molar-refractivity contribution is 7.89. The zero-order valence-corrected chi connectivity index (χ0v) is 17.4. The van der Waals surface area contributed by atoms with Crippen molar-refractivity contribution in [1.29, 1.82) is 5.26 Å². The number of halogens is 2. The van der Waals surface area contributed by atoms with Gasteiger partial charge in [-0.05, 0) is 43.3 Å². The molecular formula is C19H17Cl2N3O3S. The maximum atomic E-state index is 12.9. The molecule has 28 heavy (non-hydrogen) atoms. The van der Waals surface area contributed by atoms with Crippen LogP contribution in [0.3, 0.4) is 0 Å². The van der Waals surface area contributed by atoms with Crippen LogP contribution in [0.4, 0.5) is 5.69 Å². The van der Waals surface area contributed by atoms with Crippen LogP contribution in [0.2, 0.25) is 10.0 Å². The second-order valence-corrected chi connectivity index (χ2v) is 9.12. The number of piperazine rings is 1. The number of anilines is 1. The third-order valence-electron chi connectivity index (χ3n) is 4.63. The number of nitriles is 1. The highest BCUT2D eigenvalue weighted by Gasteiger charge is 2.29. The SMILES string of the molecule is CC(=O)c1ccc(C#N)c(N2CCN(S(=O)(=O)c3ccc(Cl)c(Cl)c3)CC2)c1. The van der Waals surface area contributed by atoms with Gasteiger partial charge in [-0.1, -0.05) is 23.2 Å². The van der Waals surface area contributed by atoms with Crippen molar-refractivity contribution in [3.8, 4) is 6.07 Å². The number of ketones is 1. The highest BCUT2D eigenvalue weighted by atomic mass is 35.5. The van der Waals surface area contributed by atoms with Gasteiger partial charge in [0, 0.05) is 31.7 Å². The predicted molar refractivity (Wildman–Crippen MR) is 109 cm³/mol. The normalized spacial score (nSPS) is 15.3. The lowest BCUT2D eigenvalue weighted by Gasteiger charge is -2.36. The number of carbonyl (C=O) groups is 1. The molecule has 0 N–H and O–H groups in total. The molecule has 9 heteroatoms. The second-order valence-electron chi connectivity index (χ2n) is 6.37. The van der Waals surface area contributed by atoms with Crippen molar-refractivity contribution >= 4 is 44.7 Å². The molecule has 6 nitrogen and oxygen atoms in total. The summed E-state index contributed by atoms with van der Waals surface area (Å²) >= 11 is 11.8. The van der Waals surface area contributed by atoms with Crippen molar-refractivity contribution in [1.82, 2.24) is 4.31 Å². The van der Waals surface area contributed by atoms with Crippen molar-refractivity contribution < 1.29 is 13.2 Å². The van der Waals surface area contributed by atoms with Crippen LogP contribution >= 0.6 is 23.2 Å². The molecule has 2 aromatic rings. The van der Waals surface area contributed by atoms with E-state index in [1.165, 1.54) is 29.4 Å². The van der Waals surface area contributed by atoms with E-state index in [0.29, 0.717) is 34.9 Å². The van der Waals surface area contributed by atoms with E-state index in [-0.39, 0.29) is 28.8 Å². The Balaban J connectivity index is 1.81. The summed E-state index contributed by atoms with van der Waals surface area (Å²) in [6, 6.07) is 11.3. The first kappa shape index (κ1) is 20.6. The first-order valence-corrected chi connectivity index (χ1v) is 10.7. The molecule has 0 amide bonds. The Labute approximate surface area is 173 Å². The number of nitrogens with zero attached hydrogens (tertiary/aromatic N) is 3. The van der Waals surface area contributed by atoms with Crippen LogP contribution in [0.25, 0.3) is 0 Å². The minimum Gasteiger partial charge on any atom is -0.368 e. The Kier molecular flexibility index (Phi) is 5.96. The molecule has 1 aliphatic rings. The number of Topliss-reactive ketones (excluding diaryl/α,β-unsaturated/α-hetero) is 1. The van der Waals surface area contributed by atoms with Crippen molar-refractivity contribution in [2.75, 3.05) is 31.1 Å². The van der Waals surface area contributed by atoms with E-state index in [4.69, 9.17) is 23.2 Å². The monoisotopic (exact) mass is 437 g/mol. The predicted octanol–water partition coefficient (Wildman–Crippen LogP) is 3.58. The van der Waals surface area contributed by atoms with Gasteiger partial charge in [-0.2, -0.15) is 9.57 Å². The van der Waals surface area contributed by atoms with E-state index in [9.17, 15) is 18.5 Å². The fourth-order valence-electron chi connectivity index (χ4n) is 3.06. The van der Waals surface area contributed by atoms with Gasteiger partial charge in [0.2, 0.25) is 10.0 Å². The van der Waals surface area contributed by atoms with E-state index in [0.717, 1.165) is 0 Å². The van der Waals surface area contributed by atoms with Gasteiger partial charge in [-0.15, -0.1) is 0 Å². The molecule has 3 rings (SSSR count). The summed E-state index contributed by atoms with van der Waals surface area (Å²) in [5.74, 6) is -0.0911. The molecule has 0 atom stereocenters. The molecule has 0 radical (unpaired) electrons. The Morgan fingerprint density at radius 3 is 2.29 bits per heavy atom. The van der Waals surface area contributed by atoms with Gasteiger partial charge in [-0.3, -0.25) is 4.79 Å². The quantitative estimate of drug-likeness (QED) is 0.682. The summed E-state index contributed by atoms with van der Waals surface area (Å²) < 4.78 is 27.1. The largest absolute Gasteiger partial charge is 0.368 e. The van der Waals surface area contributed by atoms with Gasteiger partial charge >= 0.3 is 0 Å². The summed E-state index contributed by atoms with van der Waals surface area (Å²) in [7, 11) is -3.70. The smallest absolute Gasteiger partial charge is 0.243 e. The molecule has 1 saturated heterocycles. The third-order valence-corrected chi connectivity index (χ3v) is 7.27. The molecule has 1 heterocycles. The summed E-state index contributed by atoms with van der Waals surface area (Å²) in [5, 5.41) is 9.84. The first-order valence-electron chi connectivity index (χ1n) is 8.49. The van der Waals surface area contributed by atoms with Crippen LogP contribution in [0, 0.1) is 11.3 Å². The molecule has 0 spiro atoms. The van der Waals surface area contributed by atoms with Gasteiger partial charge in [0.15, 0.2) is 5.78 Å². The summed E-state index contributed by atoms with van der Waals surface area (Å²) in [6.07, 6.45) is 0. The summed E-state index contributed by atoms with van der Waals surface area (Å²) in [4.78, 5) is 13.7. The van der Waals surface area contributed by atoms with E-state index in [2.05, 4.69) is 6.07 Å². The molecule has 0 saturated carbocycles. The van der Waals surface area contributed by atoms with E-state index >= 15 is 0 Å². The molecule has 1 aliphatic heterocycles. The first-order chi connectivity index (χ1) is 13.2. The molecule has 0 bridgehead atoms. The van der Waals surface area contributed by atoms with Crippen LogP contribution in [0.5, 0.6) is 0 Å². The molecule has 146 valence electrons. The van der Waals surface area contributed by atoms with Gasteiger partial charge in [-0.25, -0.2) is 8.42 Å². The topological polar surface area (TPSA) is 81.5 Å². The van der Waals surface area contributed by atoms with Crippen LogP contribution < -0.4 is 4.90 Å². The van der Waals surface area contributed by atoms with Crippen LogP contribution in [0.1, 0.15) is 22.8 Å².